The molecule has 0 aliphatic rings. The standard InChI is InChI=1S/C7H5N3O6.Al/c1-4-2-3-5(8(11)12)7(10(15)16)6(4)9(13)14;/h2-3H,1H3;. The van der Waals surface area contributed by atoms with E-state index in [1.807, 2.05) is 0 Å². The van der Waals surface area contributed by atoms with Crippen molar-refractivity contribution in [3.63, 3.8) is 0 Å². The maximum Gasteiger partial charge on any atom is 0.422 e. The predicted molar refractivity (Wildman–Crippen MR) is 56.9 cm³/mol. The highest BCUT2D eigenvalue weighted by molar-refractivity contribution is 5.75. The third-order valence-electron chi connectivity index (χ3n) is 1.89. The van der Waals surface area contributed by atoms with Crippen LogP contribution in [0.1, 0.15) is 5.56 Å². The molecular formula is C7H5AlN3O6. The SMILES string of the molecule is Cc1ccc([N+](=O)[O-])c([N+](=O)[O-])c1[N+](=O)[O-].[Al]. The molecule has 17 heavy (non-hydrogen) atoms. The number of rotatable bonds is 3. The Hall–Kier alpha value is -2.05. The molecule has 0 aliphatic carbocycles. The number of nitro groups is 3. The van der Waals surface area contributed by atoms with E-state index in [0.29, 0.717) is 0 Å². The van der Waals surface area contributed by atoms with Crippen LogP contribution in [0, 0.1) is 37.3 Å². The van der Waals surface area contributed by atoms with Gasteiger partial charge in [0.2, 0.25) is 0 Å². The van der Waals surface area contributed by atoms with Crippen LogP contribution in [0.15, 0.2) is 12.1 Å². The van der Waals surface area contributed by atoms with E-state index in [1.165, 1.54) is 6.92 Å². The summed E-state index contributed by atoms with van der Waals surface area (Å²) in [5.41, 5.74) is -2.82. The quantitative estimate of drug-likeness (QED) is 0.454. The van der Waals surface area contributed by atoms with Gasteiger partial charge in [-0.2, -0.15) is 0 Å². The van der Waals surface area contributed by atoms with Crippen LogP contribution < -0.4 is 0 Å². The minimum absolute atomic E-state index is 0. The molecule has 3 radical (unpaired) electrons. The Kier molecular flexibility index (Phi) is 4.69. The van der Waals surface area contributed by atoms with E-state index in [-0.39, 0.29) is 22.9 Å². The van der Waals surface area contributed by atoms with Crippen LogP contribution in [0.2, 0.25) is 0 Å². The van der Waals surface area contributed by atoms with Crippen LogP contribution in [0.4, 0.5) is 17.1 Å². The lowest BCUT2D eigenvalue weighted by molar-refractivity contribution is -0.441. The lowest BCUT2D eigenvalue weighted by Gasteiger charge is -1.98. The second-order valence-corrected chi connectivity index (χ2v) is 2.87. The van der Waals surface area contributed by atoms with Gasteiger partial charge in [0.25, 0.3) is 0 Å². The third kappa shape index (κ3) is 2.74. The summed E-state index contributed by atoms with van der Waals surface area (Å²) in [5.74, 6) is 0. The second kappa shape index (κ2) is 5.33. The summed E-state index contributed by atoms with van der Waals surface area (Å²) in [6.07, 6.45) is 0. The van der Waals surface area contributed by atoms with Crippen molar-refractivity contribution in [2.75, 3.05) is 0 Å². The van der Waals surface area contributed by atoms with Crippen molar-refractivity contribution in [3.8, 4) is 0 Å². The van der Waals surface area contributed by atoms with E-state index in [0.717, 1.165) is 12.1 Å². The van der Waals surface area contributed by atoms with Gasteiger partial charge in [0.15, 0.2) is 0 Å². The normalized spacial score (nSPS) is 9.24. The molecule has 1 aromatic rings. The Bertz CT molecular complexity index is 503. The average Bonchev–Trinajstić information content (AvgIpc) is 2.15. The molecular weight excluding hydrogens is 249 g/mol. The Morgan fingerprint density at radius 1 is 0.882 bits per heavy atom. The molecule has 10 heteroatoms. The monoisotopic (exact) mass is 254 g/mol. The number of aryl methyl sites for hydroxylation is 1. The molecule has 0 spiro atoms. The molecule has 0 bridgehead atoms. The number of nitrogens with zero attached hydrogens (tertiary/aromatic N) is 3. The molecule has 1 aromatic carbocycles. The van der Waals surface area contributed by atoms with E-state index in [9.17, 15) is 30.3 Å². The largest absolute Gasteiger partial charge is 0.422 e. The first-order chi connectivity index (χ1) is 7.36. The van der Waals surface area contributed by atoms with Gasteiger partial charge in [-0.1, -0.05) is 0 Å². The smallest absolute Gasteiger partial charge is 0.258 e. The first-order valence-electron chi connectivity index (χ1n) is 3.93. The van der Waals surface area contributed by atoms with Crippen molar-refractivity contribution in [1.29, 1.82) is 0 Å². The summed E-state index contributed by atoms with van der Waals surface area (Å²) in [7, 11) is 0. The summed E-state index contributed by atoms with van der Waals surface area (Å²) in [6.45, 7) is 1.27. The van der Waals surface area contributed by atoms with E-state index in [2.05, 4.69) is 0 Å². The van der Waals surface area contributed by atoms with Crippen molar-refractivity contribution < 1.29 is 14.8 Å². The molecule has 0 heterocycles. The van der Waals surface area contributed by atoms with Crippen LogP contribution in [0.5, 0.6) is 0 Å². The first-order valence-corrected chi connectivity index (χ1v) is 3.93. The molecule has 1 rings (SSSR count). The maximum atomic E-state index is 10.6. The summed E-state index contributed by atoms with van der Waals surface area (Å²) in [6, 6.07) is 1.98. The van der Waals surface area contributed by atoms with Gasteiger partial charge in [0.1, 0.15) is 0 Å². The minimum atomic E-state index is -1.12. The Labute approximate surface area is 105 Å². The second-order valence-electron chi connectivity index (χ2n) is 2.87. The van der Waals surface area contributed by atoms with Gasteiger partial charge >= 0.3 is 17.1 Å². The van der Waals surface area contributed by atoms with E-state index in [4.69, 9.17) is 0 Å². The van der Waals surface area contributed by atoms with Gasteiger partial charge in [-0.05, 0) is 13.0 Å². The third-order valence-corrected chi connectivity index (χ3v) is 1.89. The highest BCUT2D eigenvalue weighted by Gasteiger charge is 2.37. The van der Waals surface area contributed by atoms with Crippen LogP contribution >= 0.6 is 0 Å². The van der Waals surface area contributed by atoms with Crippen LogP contribution in [0.3, 0.4) is 0 Å². The predicted octanol–water partition coefficient (Wildman–Crippen LogP) is 1.34. The van der Waals surface area contributed by atoms with Crippen molar-refractivity contribution in [2.24, 2.45) is 0 Å². The van der Waals surface area contributed by atoms with Gasteiger partial charge < -0.3 is 0 Å². The van der Waals surface area contributed by atoms with Crippen molar-refractivity contribution in [2.45, 2.75) is 6.92 Å². The molecule has 0 aromatic heterocycles. The van der Waals surface area contributed by atoms with Crippen LogP contribution in [0.25, 0.3) is 0 Å². The Morgan fingerprint density at radius 2 is 1.35 bits per heavy atom. The molecule has 0 atom stereocenters. The van der Waals surface area contributed by atoms with Crippen molar-refractivity contribution in [3.05, 3.63) is 48.0 Å². The maximum absolute atomic E-state index is 10.6. The average molecular weight is 254 g/mol. The van der Waals surface area contributed by atoms with Gasteiger partial charge in [-0.3, -0.25) is 30.3 Å². The zero-order valence-electron chi connectivity index (χ0n) is 8.52. The molecule has 0 aliphatic heterocycles. The lowest BCUT2D eigenvalue weighted by atomic mass is 10.1. The van der Waals surface area contributed by atoms with Crippen LogP contribution in [-0.4, -0.2) is 32.1 Å². The molecule has 0 saturated heterocycles. The molecule has 0 saturated carbocycles. The first kappa shape index (κ1) is 15.0. The summed E-state index contributed by atoms with van der Waals surface area (Å²) >= 11 is 0. The van der Waals surface area contributed by atoms with Gasteiger partial charge in [0.05, 0.1) is 14.8 Å². The molecule has 0 fully saturated rings. The highest BCUT2D eigenvalue weighted by atomic mass is 27.0. The van der Waals surface area contributed by atoms with Gasteiger partial charge in [-0.25, -0.2) is 0 Å². The molecule has 0 N–H and O–H groups in total. The van der Waals surface area contributed by atoms with Crippen molar-refractivity contribution in [1.82, 2.24) is 0 Å². The number of benzene rings is 1. The molecule has 9 nitrogen and oxygen atoms in total. The Morgan fingerprint density at radius 3 is 1.71 bits per heavy atom. The highest BCUT2D eigenvalue weighted by Crippen LogP contribution is 2.38. The van der Waals surface area contributed by atoms with Gasteiger partial charge in [0, 0.05) is 29.0 Å². The molecule has 87 valence electrons. The fraction of sp³-hybridized carbons (Fsp3) is 0.143. The lowest BCUT2D eigenvalue weighted by Crippen LogP contribution is -2.02. The number of hydrogen-bond donors (Lipinski definition) is 0. The zero-order chi connectivity index (χ0) is 12.5. The minimum Gasteiger partial charge on any atom is -0.258 e. The summed E-state index contributed by atoms with van der Waals surface area (Å²) in [4.78, 5) is 28.5. The number of nitro benzene ring substituents is 3. The fourth-order valence-corrected chi connectivity index (χ4v) is 1.23. The molecule has 0 unspecified atom stereocenters. The summed E-state index contributed by atoms with van der Waals surface area (Å²) in [5, 5.41) is 31.7. The topological polar surface area (TPSA) is 129 Å². The van der Waals surface area contributed by atoms with Crippen LogP contribution in [-0.2, 0) is 0 Å². The van der Waals surface area contributed by atoms with Gasteiger partial charge in [-0.15, -0.1) is 0 Å². The van der Waals surface area contributed by atoms with E-state index >= 15 is 0 Å². The number of hydrogen-bond acceptors (Lipinski definition) is 6. The van der Waals surface area contributed by atoms with E-state index in [1.54, 1.807) is 0 Å². The Balaban J connectivity index is 0.00000256. The fourth-order valence-electron chi connectivity index (χ4n) is 1.23. The summed E-state index contributed by atoms with van der Waals surface area (Å²) < 4.78 is 0. The van der Waals surface area contributed by atoms with Crippen molar-refractivity contribution >= 4 is 34.4 Å². The molecule has 0 amide bonds. The van der Waals surface area contributed by atoms with E-state index < -0.39 is 31.8 Å². The zero-order valence-corrected chi connectivity index (χ0v) is 9.68.